The fourth-order valence-corrected chi connectivity index (χ4v) is 2.16. The van der Waals surface area contributed by atoms with Crippen LogP contribution in [0.4, 0.5) is 5.69 Å². The van der Waals surface area contributed by atoms with E-state index in [1.807, 2.05) is 0 Å². The van der Waals surface area contributed by atoms with E-state index in [0.717, 1.165) is 7.11 Å². The summed E-state index contributed by atoms with van der Waals surface area (Å²) < 4.78 is 29.4. The molecule has 0 spiro atoms. The van der Waals surface area contributed by atoms with Crippen molar-refractivity contribution in [3.8, 4) is 5.75 Å². The molecule has 0 aliphatic carbocycles. The van der Waals surface area contributed by atoms with E-state index in [1.165, 1.54) is 6.07 Å². The van der Waals surface area contributed by atoms with Crippen molar-refractivity contribution >= 4 is 21.7 Å². The zero-order valence-electron chi connectivity index (χ0n) is 9.43. The number of sulfonamides is 1. The van der Waals surface area contributed by atoms with Crippen molar-refractivity contribution in [2.75, 3.05) is 17.6 Å². The summed E-state index contributed by atoms with van der Waals surface area (Å²) in [5.41, 5.74) is 0.567. The summed E-state index contributed by atoms with van der Waals surface area (Å²) in [6.07, 6.45) is 0. The standard InChI is InChI=1S/C10H13NO5S/c1-7-4-3-5-8(10(7)13)11-17(14,15)6-9(12)16-2/h3-5,11,13H,6H2,1-2H3. The molecule has 6 nitrogen and oxygen atoms in total. The number of methoxy groups -OCH3 is 1. The molecule has 0 aromatic heterocycles. The number of ether oxygens (including phenoxy) is 1. The molecule has 17 heavy (non-hydrogen) atoms. The number of rotatable bonds is 4. The van der Waals surface area contributed by atoms with Crippen LogP contribution < -0.4 is 4.72 Å². The Balaban J connectivity index is 2.91. The molecule has 0 fully saturated rings. The zero-order chi connectivity index (χ0) is 13.1. The number of hydrogen-bond acceptors (Lipinski definition) is 5. The van der Waals surface area contributed by atoms with E-state index in [1.54, 1.807) is 19.1 Å². The van der Waals surface area contributed by atoms with Crippen LogP contribution in [0.2, 0.25) is 0 Å². The van der Waals surface area contributed by atoms with Gasteiger partial charge in [0.25, 0.3) is 0 Å². The van der Waals surface area contributed by atoms with Gasteiger partial charge in [-0.3, -0.25) is 9.52 Å². The third-order valence-corrected chi connectivity index (χ3v) is 3.19. The Morgan fingerprint density at radius 2 is 2.12 bits per heavy atom. The van der Waals surface area contributed by atoms with Gasteiger partial charge in [0.15, 0.2) is 5.75 Å². The molecular weight excluding hydrogens is 246 g/mol. The number of aromatic hydroxyl groups is 1. The molecule has 0 heterocycles. The molecule has 0 saturated heterocycles. The maximum atomic E-state index is 11.5. The number of carbonyl (C=O) groups is 1. The molecule has 0 aliphatic rings. The van der Waals surface area contributed by atoms with Gasteiger partial charge in [-0.05, 0) is 18.6 Å². The van der Waals surface area contributed by atoms with Crippen LogP contribution in [-0.4, -0.2) is 32.4 Å². The molecule has 1 rings (SSSR count). The first-order chi connectivity index (χ1) is 7.85. The van der Waals surface area contributed by atoms with E-state index in [-0.39, 0.29) is 11.4 Å². The second-order valence-corrected chi connectivity index (χ2v) is 5.13. The van der Waals surface area contributed by atoms with E-state index < -0.39 is 21.7 Å². The Morgan fingerprint density at radius 3 is 2.71 bits per heavy atom. The lowest BCUT2D eigenvalue weighted by Crippen LogP contribution is -2.23. The molecule has 94 valence electrons. The lowest BCUT2D eigenvalue weighted by atomic mass is 10.2. The van der Waals surface area contributed by atoms with Crippen LogP contribution in [0.1, 0.15) is 5.56 Å². The molecule has 0 radical (unpaired) electrons. The lowest BCUT2D eigenvalue weighted by Gasteiger charge is -2.09. The maximum Gasteiger partial charge on any atom is 0.322 e. The van der Waals surface area contributed by atoms with Crippen LogP contribution >= 0.6 is 0 Å². The van der Waals surface area contributed by atoms with Crippen LogP contribution in [-0.2, 0) is 19.6 Å². The number of esters is 1. The predicted molar refractivity (Wildman–Crippen MR) is 62.3 cm³/mol. The first kappa shape index (κ1) is 13.3. The van der Waals surface area contributed by atoms with Gasteiger partial charge in [-0.1, -0.05) is 12.1 Å². The minimum Gasteiger partial charge on any atom is -0.505 e. The molecule has 1 aromatic rings. The molecule has 2 N–H and O–H groups in total. The second kappa shape index (κ2) is 5.05. The van der Waals surface area contributed by atoms with Gasteiger partial charge in [0.2, 0.25) is 10.0 Å². The maximum absolute atomic E-state index is 11.5. The minimum atomic E-state index is -3.87. The predicted octanol–water partition coefficient (Wildman–Crippen LogP) is 0.615. The molecule has 1 aromatic carbocycles. The summed E-state index contributed by atoms with van der Waals surface area (Å²) in [5, 5.41) is 9.61. The third kappa shape index (κ3) is 3.63. The van der Waals surface area contributed by atoms with E-state index in [2.05, 4.69) is 9.46 Å². The Hall–Kier alpha value is -1.76. The highest BCUT2D eigenvalue weighted by atomic mass is 32.2. The van der Waals surface area contributed by atoms with Crippen molar-refractivity contribution in [3.63, 3.8) is 0 Å². The number of benzene rings is 1. The highest BCUT2D eigenvalue weighted by Crippen LogP contribution is 2.27. The summed E-state index contributed by atoms with van der Waals surface area (Å²) >= 11 is 0. The van der Waals surface area contributed by atoms with Crippen molar-refractivity contribution in [2.24, 2.45) is 0 Å². The van der Waals surface area contributed by atoms with Crippen molar-refractivity contribution in [2.45, 2.75) is 6.92 Å². The number of nitrogens with one attached hydrogen (secondary N) is 1. The molecule has 0 amide bonds. The largest absolute Gasteiger partial charge is 0.505 e. The van der Waals surface area contributed by atoms with Gasteiger partial charge in [0, 0.05) is 0 Å². The Labute approximate surface area is 99.3 Å². The third-order valence-electron chi connectivity index (χ3n) is 2.04. The summed E-state index contributed by atoms with van der Waals surface area (Å²) in [6, 6.07) is 4.62. The van der Waals surface area contributed by atoms with E-state index in [0.29, 0.717) is 5.56 Å². The molecule has 7 heteroatoms. The quantitative estimate of drug-likeness (QED) is 0.610. The highest BCUT2D eigenvalue weighted by molar-refractivity contribution is 7.93. The second-order valence-electron chi connectivity index (χ2n) is 3.41. The van der Waals surface area contributed by atoms with Gasteiger partial charge >= 0.3 is 5.97 Å². The highest BCUT2D eigenvalue weighted by Gasteiger charge is 2.18. The summed E-state index contributed by atoms with van der Waals surface area (Å²) in [4.78, 5) is 10.9. The fourth-order valence-electron chi connectivity index (χ4n) is 1.16. The fraction of sp³-hybridized carbons (Fsp3) is 0.300. The van der Waals surface area contributed by atoms with Crippen molar-refractivity contribution < 1.29 is 23.1 Å². The van der Waals surface area contributed by atoms with Crippen LogP contribution in [0.5, 0.6) is 5.75 Å². The van der Waals surface area contributed by atoms with Gasteiger partial charge in [-0.15, -0.1) is 0 Å². The zero-order valence-corrected chi connectivity index (χ0v) is 10.2. The van der Waals surface area contributed by atoms with Crippen LogP contribution in [0.25, 0.3) is 0 Å². The van der Waals surface area contributed by atoms with Gasteiger partial charge in [-0.2, -0.15) is 0 Å². The van der Waals surface area contributed by atoms with E-state index in [9.17, 15) is 18.3 Å². The topological polar surface area (TPSA) is 92.7 Å². The smallest absolute Gasteiger partial charge is 0.322 e. The molecule has 0 unspecified atom stereocenters. The number of para-hydroxylation sites is 1. The Kier molecular flexibility index (Phi) is 3.95. The first-order valence-corrected chi connectivity index (χ1v) is 6.37. The average molecular weight is 259 g/mol. The SMILES string of the molecule is COC(=O)CS(=O)(=O)Nc1cccc(C)c1O. The number of phenolic OH excluding ortho intramolecular Hbond substituents is 1. The molecular formula is C10H13NO5S. The van der Waals surface area contributed by atoms with Crippen molar-refractivity contribution in [3.05, 3.63) is 23.8 Å². The number of carbonyl (C=O) groups excluding carboxylic acids is 1. The molecule has 0 aliphatic heterocycles. The van der Waals surface area contributed by atoms with E-state index >= 15 is 0 Å². The van der Waals surface area contributed by atoms with Gasteiger partial charge < -0.3 is 9.84 Å². The Morgan fingerprint density at radius 1 is 1.47 bits per heavy atom. The van der Waals surface area contributed by atoms with Crippen molar-refractivity contribution in [1.29, 1.82) is 0 Å². The molecule has 0 bridgehead atoms. The van der Waals surface area contributed by atoms with E-state index in [4.69, 9.17) is 0 Å². The number of phenols is 1. The first-order valence-electron chi connectivity index (χ1n) is 4.71. The van der Waals surface area contributed by atoms with Crippen molar-refractivity contribution in [1.82, 2.24) is 0 Å². The number of hydrogen-bond donors (Lipinski definition) is 2. The van der Waals surface area contributed by atoms with Gasteiger partial charge in [0.1, 0.15) is 5.75 Å². The number of aryl methyl sites for hydroxylation is 1. The average Bonchev–Trinajstić information content (AvgIpc) is 2.23. The Bertz CT molecular complexity index is 523. The van der Waals surface area contributed by atoms with Gasteiger partial charge in [0.05, 0.1) is 12.8 Å². The van der Waals surface area contributed by atoms with Crippen LogP contribution in [0.3, 0.4) is 0 Å². The minimum absolute atomic E-state index is 0.0360. The molecule has 0 atom stereocenters. The monoisotopic (exact) mass is 259 g/mol. The van der Waals surface area contributed by atoms with Crippen LogP contribution in [0, 0.1) is 6.92 Å². The summed E-state index contributed by atoms with van der Waals surface area (Å²) in [5.74, 6) is -1.83. The van der Waals surface area contributed by atoms with Crippen LogP contribution in [0.15, 0.2) is 18.2 Å². The van der Waals surface area contributed by atoms with Gasteiger partial charge in [-0.25, -0.2) is 8.42 Å². The summed E-state index contributed by atoms with van der Waals surface area (Å²) in [7, 11) is -2.77. The summed E-state index contributed by atoms with van der Waals surface area (Å²) in [6.45, 7) is 1.63. The lowest BCUT2D eigenvalue weighted by molar-refractivity contribution is -0.137. The number of anilines is 1. The normalized spacial score (nSPS) is 10.9. The molecule has 0 saturated carbocycles.